The summed E-state index contributed by atoms with van der Waals surface area (Å²) in [5.74, 6) is 1.59. The van der Waals surface area contributed by atoms with Crippen molar-refractivity contribution in [1.29, 1.82) is 0 Å². The Bertz CT molecular complexity index is 691. The Hall–Kier alpha value is -2.40. The highest BCUT2D eigenvalue weighted by Crippen LogP contribution is 2.15. The minimum atomic E-state index is 0.726. The molecule has 104 valence electrons. The fraction of sp³-hybridized carbons (Fsp3) is 0.0625. The average Bonchev–Trinajstić information content (AvgIpc) is 3.08. The van der Waals surface area contributed by atoms with Crippen LogP contribution in [0, 0.1) is 0 Å². The van der Waals surface area contributed by atoms with E-state index in [2.05, 4.69) is 39.6 Å². The van der Waals surface area contributed by atoms with Gasteiger partial charge in [0, 0.05) is 18.1 Å². The van der Waals surface area contributed by atoms with Crippen LogP contribution in [0.15, 0.2) is 72.0 Å². The molecule has 0 spiro atoms. The van der Waals surface area contributed by atoms with Gasteiger partial charge in [0.15, 0.2) is 5.82 Å². The Balaban J connectivity index is 1.55. The van der Waals surface area contributed by atoms with Gasteiger partial charge in [-0.05, 0) is 23.8 Å². The Morgan fingerprint density at radius 1 is 1.00 bits per heavy atom. The van der Waals surface area contributed by atoms with Crippen LogP contribution in [0.5, 0.6) is 0 Å². The monoisotopic (exact) mass is 294 g/mol. The zero-order chi connectivity index (χ0) is 14.3. The number of benzene rings is 1. The van der Waals surface area contributed by atoms with Crippen molar-refractivity contribution in [3.8, 4) is 5.82 Å². The lowest BCUT2D eigenvalue weighted by Crippen LogP contribution is -1.99. The highest BCUT2D eigenvalue weighted by Gasteiger charge is 1.99. The van der Waals surface area contributed by atoms with Crippen LogP contribution in [0.25, 0.3) is 11.9 Å². The lowest BCUT2D eigenvalue weighted by atomic mass is 10.2. The second-order valence-electron chi connectivity index (χ2n) is 4.30. The minimum Gasteiger partial charge on any atom is -0.221 e. The molecule has 21 heavy (non-hydrogen) atoms. The van der Waals surface area contributed by atoms with E-state index >= 15 is 0 Å². The van der Waals surface area contributed by atoms with Gasteiger partial charge in [-0.3, -0.25) is 0 Å². The van der Waals surface area contributed by atoms with E-state index in [9.17, 15) is 0 Å². The van der Waals surface area contributed by atoms with Gasteiger partial charge >= 0.3 is 0 Å². The van der Waals surface area contributed by atoms with Gasteiger partial charge in [0.25, 0.3) is 0 Å². The predicted molar refractivity (Wildman–Crippen MR) is 85.4 cm³/mol. The van der Waals surface area contributed by atoms with Gasteiger partial charge in [0.1, 0.15) is 5.03 Å². The summed E-state index contributed by atoms with van der Waals surface area (Å²) in [7, 11) is 0. The molecular weight excluding hydrogens is 280 g/mol. The smallest absolute Gasteiger partial charge is 0.175 e. The SMILES string of the molecule is C(=C\c1ccccc1)/CSc1ccc(-n2cccn2)nn1. The molecule has 0 fully saturated rings. The van der Waals surface area contributed by atoms with Crippen molar-refractivity contribution in [3.05, 3.63) is 72.6 Å². The standard InChI is InChI=1S/C16H14N4S/c1-2-6-14(7-3-1)8-4-13-21-16-10-9-15(18-19-16)20-12-5-11-17-20/h1-12H,13H2/b8-4+. The zero-order valence-electron chi connectivity index (χ0n) is 11.3. The molecule has 0 aliphatic heterocycles. The maximum atomic E-state index is 4.20. The molecule has 0 aliphatic carbocycles. The third-order valence-corrected chi connectivity index (χ3v) is 3.68. The maximum absolute atomic E-state index is 4.20. The summed E-state index contributed by atoms with van der Waals surface area (Å²) >= 11 is 1.66. The fourth-order valence-corrected chi connectivity index (χ4v) is 2.42. The number of rotatable bonds is 5. The molecule has 0 aliphatic rings. The van der Waals surface area contributed by atoms with Gasteiger partial charge in [0.05, 0.1) is 0 Å². The molecule has 3 aromatic rings. The molecule has 0 saturated carbocycles. The van der Waals surface area contributed by atoms with E-state index in [4.69, 9.17) is 0 Å². The number of aromatic nitrogens is 4. The van der Waals surface area contributed by atoms with Crippen molar-refractivity contribution < 1.29 is 0 Å². The molecule has 0 unspecified atom stereocenters. The average molecular weight is 294 g/mol. The molecule has 3 rings (SSSR count). The van der Waals surface area contributed by atoms with Gasteiger partial charge < -0.3 is 0 Å². The van der Waals surface area contributed by atoms with Crippen LogP contribution in [0.4, 0.5) is 0 Å². The van der Waals surface area contributed by atoms with Crippen molar-refractivity contribution in [2.24, 2.45) is 0 Å². The van der Waals surface area contributed by atoms with Crippen LogP contribution < -0.4 is 0 Å². The molecule has 0 amide bonds. The number of thioether (sulfide) groups is 1. The van der Waals surface area contributed by atoms with Crippen molar-refractivity contribution >= 4 is 17.8 Å². The summed E-state index contributed by atoms with van der Waals surface area (Å²) in [6, 6.07) is 16.0. The molecule has 4 nitrogen and oxygen atoms in total. The molecule has 2 heterocycles. The second-order valence-corrected chi connectivity index (χ2v) is 5.34. The first-order chi connectivity index (χ1) is 10.4. The van der Waals surface area contributed by atoms with Crippen molar-refractivity contribution in [1.82, 2.24) is 20.0 Å². The molecule has 0 radical (unpaired) electrons. The van der Waals surface area contributed by atoms with Crippen LogP contribution in [0.1, 0.15) is 5.56 Å². The van der Waals surface area contributed by atoms with Crippen LogP contribution in [-0.4, -0.2) is 25.7 Å². The van der Waals surface area contributed by atoms with E-state index in [-0.39, 0.29) is 0 Å². The first-order valence-electron chi connectivity index (χ1n) is 6.60. The zero-order valence-corrected chi connectivity index (χ0v) is 12.1. The molecule has 0 N–H and O–H groups in total. The first-order valence-corrected chi connectivity index (χ1v) is 7.58. The van der Waals surface area contributed by atoms with Crippen molar-refractivity contribution in [2.45, 2.75) is 5.03 Å². The summed E-state index contributed by atoms with van der Waals surface area (Å²) in [4.78, 5) is 0. The van der Waals surface area contributed by atoms with E-state index in [1.807, 2.05) is 42.6 Å². The predicted octanol–water partition coefficient (Wildman–Crippen LogP) is 3.47. The molecule has 0 saturated heterocycles. The van der Waals surface area contributed by atoms with E-state index in [1.165, 1.54) is 5.56 Å². The summed E-state index contributed by atoms with van der Waals surface area (Å²) in [6.07, 6.45) is 7.81. The molecule has 0 atom stereocenters. The van der Waals surface area contributed by atoms with Gasteiger partial charge in [-0.2, -0.15) is 5.10 Å². The first kappa shape index (κ1) is 13.6. The quantitative estimate of drug-likeness (QED) is 0.676. The van der Waals surface area contributed by atoms with Gasteiger partial charge in [-0.15, -0.1) is 22.0 Å². The topological polar surface area (TPSA) is 43.6 Å². The molecule has 1 aromatic carbocycles. The van der Waals surface area contributed by atoms with Crippen LogP contribution in [0.2, 0.25) is 0 Å². The summed E-state index contributed by atoms with van der Waals surface area (Å²) in [5.41, 5.74) is 1.21. The normalized spacial score (nSPS) is 11.0. The highest BCUT2D eigenvalue weighted by atomic mass is 32.2. The van der Waals surface area contributed by atoms with Crippen molar-refractivity contribution in [3.63, 3.8) is 0 Å². The number of hydrogen-bond donors (Lipinski definition) is 0. The van der Waals surface area contributed by atoms with Crippen molar-refractivity contribution in [2.75, 3.05) is 5.75 Å². The minimum absolute atomic E-state index is 0.726. The van der Waals surface area contributed by atoms with Gasteiger partial charge in [0.2, 0.25) is 0 Å². The maximum Gasteiger partial charge on any atom is 0.175 e. The van der Waals surface area contributed by atoms with Crippen LogP contribution in [-0.2, 0) is 0 Å². The fourth-order valence-electron chi connectivity index (χ4n) is 1.80. The van der Waals surface area contributed by atoms with Gasteiger partial charge in [-0.25, -0.2) is 4.68 Å². The Labute approximate surface area is 127 Å². The Morgan fingerprint density at radius 2 is 1.90 bits per heavy atom. The lowest BCUT2D eigenvalue weighted by molar-refractivity contribution is 0.792. The van der Waals surface area contributed by atoms with E-state index < -0.39 is 0 Å². The highest BCUT2D eigenvalue weighted by molar-refractivity contribution is 7.99. The molecule has 2 aromatic heterocycles. The number of hydrogen-bond acceptors (Lipinski definition) is 4. The molecular formula is C16H14N4S. The lowest BCUT2D eigenvalue weighted by Gasteiger charge is -2.00. The van der Waals surface area contributed by atoms with Gasteiger partial charge in [-0.1, -0.05) is 42.5 Å². The van der Waals surface area contributed by atoms with E-state index in [1.54, 1.807) is 22.6 Å². The van der Waals surface area contributed by atoms with E-state index in [0.29, 0.717) is 0 Å². The third kappa shape index (κ3) is 3.79. The molecule has 5 heteroatoms. The summed E-state index contributed by atoms with van der Waals surface area (Å²) in [5, 5.41) is 13.4. The third-order valence-electron chi connectivity index (χ3n) is 2.80. The summed E-state index contributed by atoms with van der Waals surface area (Å²) in [6.45, 7) is 0. The largest absolute Gasteiger partial charge is 0.221 e. The number of nitrogens with zero attached hydrogens (tertiary/aromatic N) is 4. The Kier molecular flexibility index (Phi) is 4.43. The van der Waals surface area contributed by atoms with Crippen LogP contribution >= 0.6 is 11.8 Å². The van der Waals surface area contributed by atoms with Crippen LogP contribution in [0.3, 0.4) is 0 Å². The second kappa shape index (κ2) is 6.85. The van der Waals surface area contributed by atoms with E-state index in [0.717, 1.165) is 16.6 Å². The summed E-state index contributed by atoms with van der Waals surface area (Å²) < 4.78 is 1.69. The molecule has 0 bridgehead atoms. The Morgan fingerprint density at radius 3 is 2.62 bits per heavy atom.